The first-order valence-corrected chi connectivity index (χ1v) is 10.2. The Morgan fingerprint density at radius 3 is 2.74 bits per heavy atom. The molecule has 0 radical (unpaired) electrons. The molecule has 2 aromatic rings. The van der Waals surface area contributed by atoms with Crippen molar-refractivity contribution in [1.29, 1.82) is 0 Å². The number of ether oxygens (including phenoxy) is 1. The zero-order valence-electron chi connectivity index (χ0n) is 16.2. The summed E-state index contributed by atoms with van der Waals surface area (Å²) in [5.74, 6) is 3.33. The first kappa shape index (κ1) is 17.0. The molecule has 6 rings (SSSR count). The number of nitrogens with zero attached hydrogens (tertiary/aromatic N) is 4. The van der Waals surface area contributed by atoms with Gasteiger partial charge in [-0.15, -0.1) is 0 Å². The third-order valence-electron chi connectivity index (χ3n) is 6.88. The summed E-state index contributed by atoms with van der Waals surface area (Å²) in [6, 6.07) is 12.0. The van der Waals surface area contributed by atoms with Crippen LogP contribution < -0.4 is 9.64 Å². The fraction of sp³-hybridized carbons (Fsp3) is 0.545. The Morgan fingerprint density at radius 1 is 1.11 bits per heavy atom. The second-order valence-electron chi connectivity index (χ2n) is 8.11. The second kappa shape index (κ2) is 6.79. The van der Waals surface area contributed by atoms with E-state index in [0.717, 1.165) is 36.1 Å². The molecule has 0 unspecified atom stereocenters. The molecule has 4 saturated heterocycles. The first-order chi connectivity index (χ1) is 13.3. The second-order valence-corrected chi connectivity index (χ2v) is 8.11. The number of rotatable bonds is 4. The van der Waals surface area contributed by atoms with E-state index in [1.54, 1.807) is 13.4 Å². The Morgan fingerprint density at radius 2 is 1.96 bits per heavy atom. The number of hydrogen-bond acceptors (Lipinski definition) is 5. The van der Waals surface area contributed by atoms with Crippen LogP contribution in [0.25, 0.3) is 0 Å². The molecule has 4 aliphatic heterocycles. The van der Waals surface area contributed by atoms with Gasteiger partial charge < -0.3 is 9.64 Å². The van der Waals surface area contributed by atoms with Gasteiger partial charge in [-0.25, -0.2) is 9.97 Å². The first-order valence-electron chi connectivity index (χ1n) is 10.2. The fourth-order valence-corrected chi connectivity index (χ4v) is 5.58. The molecule has 0 N–H and O–H groups in total. The molecular weight excluding hydrogens is 336 g/mol. The fourth-order valence-electron chi connectivity index (χ4n) is 5.58. The molecule has 142 valence electrons. The van der Waals surface area contributed by atoms with Gasteiger partial charge in [0, 0.05) is 36.3 Å². The maximum atomic E-state index is 5.51. The van der Waals surface area contributed by atoms with Crippen LogP contribution in [-0.4, -0.2) is 53.7 Å². The quantitative estimate of drug-likeness (QED) is 0.834. The zero-order valence-corrected chi connectivity index (χ0v) is 16.2. The van der Waals surface area contributed by atoms with Gasteiger partial charge in [-0.2, -0.15) is 0 Å². The van der Waals surface area contributed by atoms with Crippen molar-refractivity contribution in [2.45, 2.75) is 44.2 Å². The largest absolute Gasteiger partial charge is 0.497 e. The molecule has 0 aliphatic carbocycles. The van der Waals surface area contributed by atoms with Crippen molar-refractivity contribution in [2.75, 3.05) is 31.6 Å². The van der Waals surface area contributed by atoms with Crippen LogP contribution in [0.4, 0.5) is 5.82 Å². The van der Waals surface area contributed by atoms with Gasteiger partial charge in [-0.3, -0.25) is 4.90 Å². The maximum Gasteiger partial charge on any atom is 0.132 e. The van der Waals surface area contributed by atoms with Crippen LogP contribution in [0, 0.1) is 5.92 Å². The summed E-state index contributed by atoms with van der Waals surface area (Å²) in [7, 11) is 1.75. The number of piperidine rings is 3. The van der Waals surface area contributed by atoms with Crippen LogP contribution in [0.2, 0.25) is 0 Å². The van der Waals surface area contributed by atoms with Crippen LogP contribution in [0.1, 0.15) is 36.9 Å². The Kier molecular flexibility index (Phi) is 4.27. The minimum absolute atomic E-state index is 0.494. The van der Waals surface area contributed by atoms with E-state index in [1.165, 1.54) is 31.5 Å². The third-order valence-corrected chi connectivity index (χ3v) is 6.88. The van der Waals surface area contributed by atoms with E-state index in [-0.39, 0.29) is 0 Å². The van der Waals surface area contributed by atoms with Crippen molar-refractivity contribution in [1.82, 2.24) is 14.9 Å². The lowest BCUT2D eigenvalue weighted by Crippen LogP contribution is -2.60. The van der Waals surface area contributed by atoms with Gasteiger partial charge in [0.2, 0.25) is 0 Å². The molecule has 5 heteroatoms. The molecule has 4 aliphatic rings. The standard InChI is InChI=1S/C22H28N4O/c1-3-17-12-20(24-14-23-17)26-13-19(16-5-4-6-18(11-16)27-2)22-21(26)15-7-9-25(22)10-8-15/h4-6,11-12,14-15,19,21-22H,3,7-10,13H2,1-2H3/t19-,21+,22+/m1/s1. The number of methoxy groups -OCH3 is 1. The van der Waals surface area contributed by atoms with E-state index in [9.17, 15) is 0 Å². The zero-order chi connectivity index (χ0) is 18.4. The summed E-state index contributed by atoms with van der Waals surface area (Å²) in [5.41, 5.74) is 2.52. The highest BCUT2D eigenvalue weighted by Crippen LogP contribution is 2.47. The van der Waals surface area contributed by atoms with E-state index < -0.39 is 0 Å². The molecule has 1 aromatic heterocycles. The molecule has 1 aromatic carbocycles. The summed E-state index contributed by atoms with van der Waals surface area (Å²) < 4.78 is 5.51. The lowest BCUT2D eigenvalue weighted by molar-refractivity contribution is 0.0354. The van der Waals surface area contributed by atoms with E-state index in [0.29, 0.717) is 18.0 Å². The van der Waals surface area contributed by atoms with Gasteiger partial charge in [0.25, 0.3) is 0 Å². The predicted molar refractivity (Wildman–Crippen MR) is 106 cm³/mol. The van der Waals surface area contributed by atoms with Gasteiger partial charge in [0.05, 0.1) is 7.11 Å². The highest BCUT2D eigenvalue weighted by Gasteiger charge is 2.53. The lowest BCUT2D eigenvalue weighted by atomic mass is 9.75. The van der Waals surface area contributed by atoms with Crippen molar-refractivity contribution < 1.29 is 4.74 Å². The topological polar surface area (TPSA) is 41.5 Å². The molecule has 5 nitrogen and oxygen atoms in total. The monoisotopic (exact) mass is 364 g/mol. The Bertz CT molecular complexity index is 750. The van der Waals surface area contributed by atoms with Crippen molar-refractivity contribution in [3.05, 3.63) is 47.9 Å². The molecule has 4 fully saturated rings. The summed E-state index contributed by atoms with van der Waals surface area (Å²) in [6.07, 6.45) is 5.32. The average molecular weight is 364 g/mol. The number of aryl methyl sites for hydroxylation is 1. The van der Waals surface area contributed by atoms with Gasteiger partial charge in [-0.1, -0.05) is 19.1 Å². The predicted octanol–water partition coefficient (Wildman–Crippen LogP) is 3.11. The van der Waals surface area contributed by atoms with Gasteiger partial charge in [0.15, 0.2) is 0 Å². The van der Waals surface area contributed by atoms with E-state index >= 15 is 0 Å². The number of hydrogen-bond donors (Lipinski definition) is 0. The Hall–Kier alpha value is -2.14. The van der Waals surface area contributed by atoms with Crippen molar-refractivity contribution in [3.8, 4) is 5.75 Å². The average Bonchev–Trinajstić information content (AvgIpc) is 3.18. The van der Waals surface area contributed by atoms with Gasteiger partial charge in [0.1, 0.15) is 17.9 Å². The van der Waals surface area contributed by atoms with Crippen LogP contribution in [0.5, 0.6) is 5.75 Å². The molecule has 3 atom stereocenters. The number of anilines is 1. The number of aromatic nitrogens is 2. The molecule has 0 amide bonds. The molecule has 27 heavy (non-hydrogen) atoms. The maximum absolute atomic E-state index is 5.51. The van der Waals surface area contributed by atoms with Crippen molar-refractivity contribution in [2.24, 2.45) is 5.92 Å². The van der Waals surface area contributed by atoms with Crippen LogP contribution >= 0.6 is 0 Å². The molecule has 0 spiro atoms. The molecule has 5 heterocycles. The number of benzene rings is 1. The smallest absolute Gasteiger partial charge is 0.132 e. The third kappa shape index (κ3) is 2.80. The minimum atomic E-state index is 0.494. The van der Waals surface area contributed by atoms with Crippen LogP contribution in [0.15, 0.2) is 36.7 Å². The Labute approximate surface area is 161 Å². The summed E-state index contributed by atoms with van der Waals surface area (Å²) >= 11 is 0. The van der Waals surface area contributed by atoms with Crippen LogP contribution in [-0.2, 0) is 6.42 Å². The highest BCUT2D eigenvalue weighted by atomic mass is 16.5. The van der Waals surface area contributed by atoms with Crippen molar-refractivity contribution in [3.63, 3.8) is 0 Å². The minimum Gasteiger partial charge on any atom is -0.497 e. The summed E-state index contributed by atoms with van der Waals surface area (Å²) in [5, 5.41) is 0. The van der Waals surface area contributed by atoms with E-state index in [1.807, 2.05) is 6.07 Å². The molecule has 0 saturated carbocycles. The normalized spacial score (nSPS) is 31.8. The highest BCUT2D eigenvalue weighted by molar-refractivity contribution is 5.48. The Balaban J connectivity index is 1.55. The summed E-state index contributed by atoms with van der Waals surface area (Å²) in [6.45, 7) is 5.66. The van der Waals surface area contributed by atoms with E-state index in [4.69, 9.17) is 4.74 Å². The van der Waals surface area contributed by atoms with Crippen LogP contribution in [0.3, 0.4) is 0 Å². The van der Waals surface area contributed by atoms with Gasteiger partial charge in [-0.05, 0) is 56.0 Å². The van der Waals surface area contributed by atoms with E-state index in [2.05, 4.69) is 51.0 Å². The van der Waals surface area contributed by atoms with Gasteiger partial charge >= 0.3 is 0 Å². The number of fused-ring (bicyclic) bond motifs is 2. The SMILES string of the molecule is CCc1cc(N2C[C@H](c3cccc(OC)c3)[C@H]3[C@@H]2C2CCN3CC2)ncn1. The molecule has 2 bridgehead atoms. The lowest BCUT2D eigenvalue weighted by Gasteiger charge is -2.51. The molecular formula is C22H28N4O. The summed E-state index contributed by atoms with van der Waals surface area (Å²) in [4.78, 5) is 14.4. The van der Waals surface area contributed by atoms with Crippen molar-refractivity contribution >= 4 is 5.82 Å².